The highest BCUT2D eigenvalue weighted by atomic mass is 35.5. The number of ether oxygens (including phenoxy) is 1. The molecule has 3 rings (SSSR count). The zero-order chi connectivity index (χ0) is 17.8. The molecule has 1 aliphatic carbocycles. The summed E-state index contributed by atoms with van der Waals surface area (Å²) in [5, 5.41) is 13.6. The van der Waals surface area contributed by atoms with Crippen molar-refractivity contribution in [1.29, 1.82) is 0 Å². The molecule has 130 valence electrons. The van der Waals surface area contributed by atoms with Gasteiger partial charge in [0.25, 0.3) is 11.6 Å². The van der Waals surface area contributed by atoms with Crippen LogP contribution in [0.15, 0.2) is 36.4 Å². The Kier molecular flexibility index (Phi) is 5.19. The largest absolute Gasteiger partial charge is 0.484 e. The van der Waals surface area contributed by atoms with Gasteiger partial charge in [-0.3, -0.25) is 14.9 Å². The van der Waals surface area contributed by atoms with E-state index in [9.17, 15) is 14.9 Å². The monoisotopic (exact) mass is 360 g/mol. The molecule has 6 nitrogen and oxygen atoms in total. The Morgan fingerprint density at radius 3 is 2.68 bits per heavy atom. The van der Waals surface area contributed by atoms with Crippen molar-refractivity contribution in [3.63, 3.8) is 0 Å². The van der Waals surface area contributed by atoms with Crippen LogP contribution in [0.4, 0.5) is 11.4 Å². The number of rotatable bonds is 5. The molecule has 0 fully saturated rings. The fraction of sp³-hybridized carbons (Fsp3) is 0.278. The Labute approximate surface area is 149 Å². The Morgan fingerprint density at radius 1 is 1.16 bits per heavy atom. The fourth-order valence-corrected chi connectivity index (χ4v) is 3.02. The highest BCUT2D eigenvalue weighted by Gasteiger charge is 2.13. The van der Waals surface area contributed by atoms with Crippen LogP contribution in [-0.4, -0.2) is 17.4 Å². The first kappa shape index (κ1) is 17.2. The van der Waals surface area contributed by atoms with Gasteiger partial charge in [0, 0.05) is 12.1 Å². The third-order valence-electron chi connectivity index (χ3n) is 4.12. The summed E-state index contributed by atoms with van der Waals surface area (Å²) in [5.41, 5.74) is 2.66. The highest BCUT2D eigenvalue weighted by Crippen LogP contribution is 2.27. The smallest absolute Gasteiger partial charge is 0.271 e. The molecule has 0 unspecified atom stereocenters. The first-order valence-corrected chi connectivity index (χ1v) is 8.39. The lowest BCUT2D eigenvalue weighted by Crippen LogP contribution is -2.20. The number of carbonyl (C=O) groups excluding carboxylic acids is 1. The molecule has 0 spiro atoms. The van der Waals surface area contributed by atoms with Crippen LogP contribution in [-0.2, 0) is 17.6 Å². The first-order chi connectivity index (χ1) is 12.0. The molecule has 1 N–H and O–H groups in total. The molecule has 0 radical (unpaired) electrons. The molecule has 0 atom stereocenters. The number of aryl methyl sites for hydroxylation is 2. The van der Waals surface area contributed by atoms with Crippen LogP contribution >= 0.6 is 11.6 Å². The average Bonchev–Trinajstić information content (AvgIpc) is 2.61. The zero-order valence-corrected chi connectivity index (χ0v) is 14.2. The number of nitro benzene ring substituents is 1. The van der Waals surface area contributed by atoms with E-state index in [1.165, 1.54) is 42.2 Å². The number of fused-ring (bicyclic) bond motifs is 1. The summed E-state index contributed by atoms with van der Waals surface area (Å²) in [4.78, 5) is 22.3. The van der Waals surface area contributed by atoms with Gasteiger partial charge in [-0.1, -0.05) is 17.7 Å². The predicted molar refractivity (Wildman–Crippen MR) is 95.3 cm³/mol. The van der Waals surface area contributed by atoms with E-state index < -0.39 is 10.8 Å². The minimum absolute atomic E-state index is 0.143. The molecule has 0 bridgehead atoms. The topological polar surface area (TPSA) is 81.5 Å². The van der Waals surface area contributed by atoms with Gasteiger partial charge in [-0.2, -0.15) is 0 Å². The maximum atomic E-state index is 12.0. The van der Waals surface area contributed by atoms with E-state index in [1.807, 2.05) is 18.2 Å². The third-order valence-corrected chi connectivity index (χ3v) is 4.45. The van der Waals surface area contributed by atoms with Crippen LogP contribution in [0, 0.1) is 10.1 Å². The summed E-state index contributed by atoms with van der Waals surface area (Å²) in [5.74, 6) is 0.209. The van der Waals surface area contributed by atoms with Crippen LogP contribution in [0.5, 0.6) is 5.75 Å². The molecule has 0 aliphatic heterocycles. The number of non-ortho nitro benzene ring substituents is 1. The number of hydrogen-bond acceptors (Lipinski definition) is 4. The Balaban J connectivity index is 1.62. The van der Waals surface area contributed by atoms with E-state index in [-0.39, 0.29) is 23.0 Å². The number of benzene rings is 2. The second-order valence-corrected chi connectivity index (χ2v) is 6.30. The number of nitrogens with one attached hydrogen (secondary N) is 1. The predicted octanol–water partition coefficient (Wildman–Crippen LogP) is 4.14. The van der Waals surface area contributed by atoms with Gasteiger partial charge in [0.15, 0.2) is 6.61 Å². The van der Waals surface area contributed by atoms with Crippen molar-refractivity contribution >= 4 is 28.9 Å². The van der Waals surface area contributed by atoms with Crippen molar-refractivity contribution in [1.82, 2.24) is 0 Å². The number of nitro groups is 1. The fourth-order valence-electron chi connectivity index (χ4n) is 2.86. The lowest BCUT2D eigenvalue weighted by molar-refractivity contribution is -0.384. The number of anilines is 1. The Morgan fingerprint density at radius 2 is 1.92 bits per heavy atom. The summed E-state index contributed by atoms with van der Waals surface area (Å²) in [6, 6.07) is 9.75. The number of halogens is 1. The first-order valence-electron chi connectivity index (χ1n) is 8.01. The number of carbonyl (C=O) groups is 1. The van der Waals surface area contributed by atoms with E-state index in [2.05, 4.69) is 5.32 Å². The van der Waals surface area contributed by atoms with E-state index in [4.69, 9.17) is 16.3 Å². The van der Waals surface area contributed by atoms with E-state index >= 15 is 0 Å². The van der Waals surface area contributed by atoms with Crippen LogP contribution in [0.2, 0.25) is 5.02 Å². The zero-order valence-electron chi connectivity index (χ0n) is 13.5. The van der Waals surface area contributed by atoms with E-state index in [0.717, 1.165) is 12.8 Å². The van der Waals surface area contributed by atoms with Gasteiger partial charge in [-0.05, 0) is 55.0 Å². The van der Waals surface area contributed by atoms with Crippen molar-refractivity contribution < 1.29 is 14.5 Å². The number of amides is 1. The van der Waals surface area contributed by atoms with Crippen molar-refractivity contribution in [2.45, 2.75) is 25.7 Å². The van der Waals surface area contributed by atoms with Crippen LogP contribution in [0.25, 0.3) is 0 Å². The van der Waals surface area contributed by atoms with Gasteiger partial charge in [0.2, 0.25) is 0 Å². The summed E-state index contributed by atoms with van der Waals surface area (Å²) < 4.78 is 5.53. The van der Waals surface area contributed by atoms with Gasteiger partial charge >= 0.3 is 0 Å². The summed E-state index contributed by atoms with van der Waals surface area (Å²) in [6.07, 6.45) is 4.49. The van der Waals surface area contributed by atoms with Crippen molar-refractivity contribution in [3.8, 4) is 5.75 Å². The van der Waals surface area contributed by atoms with Crippen LogP contribution in [0.3, 0.4) is 0 Å². The van der Waals surface area contributed by atoms with E-state index in [1.54, 1.807) is 0 Å². The van der Waals surface area contributed by atoms with E-state index in [0.29, 0.717) is 5.75 Å². The molecule has 0 saturated heterocycles. The third kappa shape index (κ3) is 4.28. The average molecular weight is 361 g/mol. The van der Waals surface area contributed by atoms with Gasteiger partial charge in [0.1, 0.15) is 5.75 Å². The van der Waals surface area contributed by atoms with Crippen molar-refractivity contribution in [2.75, 3.05) is 11.9 Å². The molecule has 0 heterocycles. The van der Waals surface area contributed by atoms with Gasteiger partial charge in [-0.15, -0.1) is 0 Å². The normalized spacial score (nSPS) is 13.0. The maximum Gasteiger partial charge on any atom is 0.271 e. The van der Waals surface area contributed by atoms with Gasteiger partial charge in [-0.25, -0.2) is 0 Å². The maximum absolute atomic E-state index is 12.0. The lowest BCUT2D eigenvalue weighted by Gasteiger charge is -2.16. The van der Waals surface area contributed by atoms with Crippen LogP contribution in [0.1, 0.15) is 24.0 Å². The summed E-state index contributed by atoms with van der Waals surface area (Å²) in [6.45, 7) is -0.197. The molecule has 7 heteroatoms. The Bertz CT molecular complexity index is 823. The number of hydrogen-bond donors (Lipinski definition) is 1. The van der Waals surface area contributed by atoms with Crippen molar-refractivity contribution in [2.24, 2.45) is 0 Å². The standard InChI is InChI=1S/C18H17ClN2O4/c19-16-8-6-14(21(23)24)10-17(16)20-18(22)11-25-15-7-5-12-3-1-2-4-13(12)9-15/h5-10H,1-4,11H2,(H,20,22). The molecule has 0 aromatic heterocycles. The SMILES string of the molecule is O=C(COc1ccc2c(c1)CCCC2)Nc1cc([N+](=O)[O-])ccc1Cl. The molecular formula is C18H17ClN2O4. The molecule has 25 heavy (non-hydrogen) atoms. The Hall–Kier alpha value is -2.60. The lowest BCUT2D eigenvalue weighted by atomic mass is 9.92. The highest BCUT2D eigenvalue weighted by molar-refractivity contribution is 6.33. The molecular weight excluding hydrogens is 344 g/mol. The summed E-state index contributed by atoms with van der Waals surface area (Å²) in [7, 11) is 0. The van der Waals surface area contributed by atoms with Crippen LogP contribution < -0.4 is 10.1 Å². The number of nitrogens with zero attached hydrogens (tertiary/aromatic N) is 1. The van der Waals surface area contributed by atoms with Gasteiger partial charge in [0.05, 0.1) is 15.6 Å². The molecule has 1 amide bonds. The minimum atomic E-state index is -0.546. The second-order valence-electron chi connectivity index (χ2n) is 5.90. The molecule has 2 aromatic carbocycles. The van der Waals surface area contributed by atoms with Gasteiger partial charge < -0.3 is 10.1 Å². The second kappa shape index (κ2) is 7.53. The molecule has 0 saturated carbocycles. The molecule has 1 aliphatic rings. The summed E-state index contributed by atoms with van der Waals surface area (Å²) >= 11 is 5.96. The van der Waals surface area contributed by atoms with Crippen molar-refractivity contribution in [3.05, 3.63) is 62.7 Å². The minimum Gasteiger partial charge on any atom is -0.484 e. The quantitative estimate of drug-likeness (QED) is 0.641. The molecule has 2 aromatic rings.